The normalized spacial score (nSPS) is 14.9. The van der Waals surface area contributed by atoms with Crippen LogP contribution in [0.1, 0.15) is 44.3 Å². The van der Waals surface area contributed by atoms with Gasteiger partial charge >= 0.3 is 0 Å². The zero-order valence-electron chi connectivity index (χ0n) is 18.3. The van der Waals surface area contributed by atoms with E-state index < -0.39 is 5.91 Å². The third kappa shape index (κ3) is 4.61. The molecular formula is C24H22ClN3O5. The second-order valence-electron chi connectivity index (χ2n) is 7.51. The molecule has 1 aliphatic rings. The van der Waals surface area contributed by atoms with Gasteiger partial charge in [-0.15, -0.1) is 0 Å². The molecule has 0 bridgehead atoms. The van der Waals surface area contributed by atoms with E-state index in [1.54, 1.807) is 6.07 Å². The van der Waals surface area contributed by atoms with Crippen molar-refractivity contribution in [3.63, 3.8) is 0 Å². The van der Waals surface area contributed by atoms with Gasteiger partial charge in [0, 0.05) is 23.2 Å². The Morgan fingerprint density at radius 1 is 1.06 bits per heavy atom. The second-order valence-corrected chi connectivity index (χ2v) is 7.94. The number of nitrogens with one attached hydrogen (secondary N) is 1. The Morgan fingerprint density at radius 3 is 2.42 bits per heavy atom. The molecule has 1 atom stereocenters. The smallest absolute Gasteiger partial charge is 0.258 e. The van der Waals surface area contributed by atoms with Crippen molar-refractivity contribution in [1.29, 1.82) is 0 Å². The van der Waals surface area contributed by atoms with E-state index in [4.69, 9.17) is 25.8 Å². The Kier molecular flexibility index (Phi) is 6.46. The molecule has 0 fully saturated rings. The number of aromatic nitrogens is 2. The van der Waals surface area contributed by atoms with Gasteiger partial charge in [0.05, 0.1) is 32.6 Å². The lowest BCUT2D eigenvalue weighted by Crippen LogP contribution is -2.22. The minimum Gasteiger partial charge on any atom is -0.493 e. The summed E-state index contributed by atoms with van der Waals surface area (Å²) in [6.07, 6.45) is 2.36. The van der Waals surface area contributed by atoms with Crippen LogP contribution in [0.2, 0.25) is 5.02 Å². The van der Waals surface area contributed by atoms with Crippen LogP contribution in [0.5, 0.6) is 17.2 Å². The predicted octanol–water partition coefficient (Wildman–Crippen LogP) is 4.32. The van der Waals surface area contributed by atoms with Gasteiger partial charge < -0.3 is 14.2 Å². The molecule has 4 rings (SSSR count). The number of amides is 1. The van der Waals surface area contributed by atoms with E-state index in [1.807, 2.05) is 18.2 Å². The minimum absolute atomic E-state index is 0.0382. The number of rotatable bonds is 6. The largest absolute Gasteiger partial charge is 0.493 e. The number of ketones is 1. The van der Waals surface area contributed by atoms with Crippen LogP contribution in [0.25, 0.3) is 0 Å². The summed E-state index contributed by atoms with van der Waals surface area (Å²) in [6, 6.07) is 10.5. The lowest BCUT2D eigenvalue weighted by Gasteiger charge is -2.23. The molecule has 0 radical (unpaired) electrons. The van der Waals surface area contributed by atoms with E-state index in [-0.39, 0.29) is 23.2 Å². The number of benzene rings is 2. The lowest BCUT2D eigenvalue weighted by atomic mass is 9.82. The van der Waals surface area contributed by atoms with Gasteiger partial charge in [-0.25, -0.2) is 9.97 Å². The van der Waals surface area contributed by atoms with E-state index in [2.05, 4.69) is 15.3 Å². The Morgan fingerprint density at radius 2 is 1.79 bits per heavy atom. The van der Waals surface area contributed by atoms with Gasteiger partial charge in [-0.05, 0) is 42.2 Å². The van der Waals surface area contributed by atoms with Crippen molar-refractivity contribution in [3.8, 4) is 17.2 Å². The number of carbonyl (C=O) groups is 2. The molecule has 2 aromatic carbocycles. The van der Waals surface area contributed by atoms with E-state index in [9.17, 15) is 9.59 Å². The first-order valence-electron chi connectivity index (χ1n) is 10.2. The monoisotopic (exact) mass is 467 g/mol. The van der Waals surface area contributed by atoms with Crippen molar-refractivity contribution in [2.24, 2.45) is 0 Å². The highest BCUT2D eigenvalue weighted by molar-refractivity contribution is 6.30. The second kappa shape index (κ2) is 9.46. The summed E-state index contributed by atoms with van der Waals surface area (Å²) in [5.74, 6) is 0.648. The average molecular weight is 468 g/mol. The number of halogens is 1. The highest BCUT2D eigenvalue weighted by atomic mass is 35.5. The van der Waals surface area contributed by atoms with Crippen LogP contribution in [-0.4, -0.2) is 43.0 Å². The van der Waals surface area contributed by atoms with Crippen molar-refractivity contribution in [2.75, 3.05) is 26.6 Å². The van der Waals surface area contributed by atoms with Crippen molar-refractivity contribution in [1.82, 2.24) is 9.97 Å². The maximum atomic E-state index is 12.9. The summed E-state index contributed by atoms with van der Waals surface area (Å²) >= 11 is 6.12. The highest BCUT2D eigenvalue weighted by Gasteiger charge is 2.28. The standard InChI is InChI=1S/C24H22ClN3O5/c1-31-20-10-15(11-21(32-2)22(20)33-3)23(30)28-24-26-12-17-18(27-24)8-14(9-19(17)29)13-5-4-6-16(25)7-13/h4-7,10-12,14H,8-9H2,1-3H3,(H,26,27,28,30)/t14-/m1/s1. The van der Waals surface area contributed by atoms with Gasteiger partial charge in [-0.2, -0.15) is 0 Å². The fraction of sp³-hybridized carbons (Fsp3) is 0.250. The summed E-state index contributed by atoms with van der Waals surface area (Å²) in [6.45, 7) is 0. The van der Waals surface area contributed by atoms with Crippen LogP contribution in [0.4, 0.5) is 5.95 Å². The number of hydrogen-bond acceptors (Lipinski definition) is 7. The summed E-state index contributed by atoms with van der Waals surface area (Å²) in [4.78, 5) is 34.2. The topological polar surface area (TPSA) is 99.6 Å². The van der Waals surface area contributed by atoms with Crippen molar-refractivity contribution >= 4 is 29.2 Å². The lowest BCUT2D eigenvalue weighted by molar-refractivity contribution is 0.0962. The zero-order chi connectivity index (χ0) is 23.5. The molecule has 0 unspecified atom stereocenters. The van der Waals surface area contributed by atoms with Gasteiger partial charge in [-0.3, -0.25) is 14.9 Å². The molecule has 9 heteroatoms. The molecule has 1 aromatic heterocycles. The van der Waals surface area contributed by atoms with E-state index in [1.165, 1.54) is 39.7 Å². The van der Waals surface area contributed by atoms with Crippen LogP contribution in [0.15, 0.2) is 42.6 Å². The van der Waals surface area contributed by atoms with Crippen LogP contribution >= 0.6 is 11.6 Å². The molecule has 1 aliphatic carbocycles. The molecule has 0 aliphatic heterocycles. The first kappa shape index (κ1) is 22.5. The summed E-state index contributed by atoms with van der Waals surface area (Å²) < 4.78 is 15.9. The molecular weight excluding hydrogens is 446 g/mol. The van der Waals surface area contributed by atoms with Crippen LogP contribution in [-0.2, 0) is 6.42 Å². The number of Topliss-reactive ketones (excluding diaryl/α,β-unsaturated/α-hetero) is 1. The molecule has 1 amide bonds. The highest BCUT2D eigenvalue weighted by Crippen LogP contribution is 2.38. The molecule has 1 heterocycles. The van der Waals surface area contributed by atoms with Crippen molar-refractivity contribution in [3.05, 3.63) is 70.0 Å². The number of methoxy groups -OCH3 is 3. The molecule has 8 nitrogen and oxygen atoms in total. The predicted molar refractivity (Wildman–Crippen MR) is 123 cm³/mol. The summed E-state index contributed by atoms with van der Waals surface area (Å²) in [5, 5.41) is 3.30. The first-order valence-corrected chi connectivity index (χ1v) is 10.6. The fourth-order valence-corrected chi connectivity index (χ4v) is 4.09. The van der Waals surface area contributed by atoms with Crippen LogP contribution < -0.4 is 19.5 Å². The first-order chi connectivity index (χ1) is 15.9. The zero-order valence-corrected chi connectivity index (χ0v) is 19.1. The third-order valence-corrected chi connectivity index (χ3v) is 5.75. The van der Waals surface area contributed by atoms with E-state index >= 15 is 0 Å². The van der Waals surface area contributed by atoms with Gasteiger partial charge in [0.25, 0.3) is 5.91 Å². The summed E-state index contributed by atoms with van der Waals surface area (Å²) in [5.41, 5.74) is 2.31. The van der Waals surface area contributed by atoms with Crippen molar-refractivity contribution in [2.45, 2.75) is 18.8 Å². The molecule has 33 heavy (non-hydrogen) atoms. The molecule has 1 N–H and O–H groups in total. The Hall–Kier alpha value is -3.65. The Balaban J connectivity index is 1.59. The van der Waals surface area contributed by atoms with Crippen LogP contribution in [0, 0.1) is 0 Å². The minimum atomic E-state index is -0.456. The molecule has 0 saturated carbocycles. The molecule has 0 spiro atoms. The number of ether oxygens (including phenoxy) is 3. The Labute approximate surface area is 195 Å². The molecule has 0 saturated heterocycles. The van der Waals surface area contributed by atoms with Gasteiger partial charge in [0.1, 0.15) is 0 Å². The summed E-state index contributed by atoms with van der Waals surface area (Å²) in [7, 11) is 4.43. The number of nitrogens with zero attached hydrogens (tertiary/aromatic N) is 2. The molecule has 3 aromatic rings. The maximum absolute atomic E-state index is 12.9. The SMILES string of the molecule is COc1cc(C(=O)Nc2ncc3c(n2)C[C@@H](c2cccc(Cl)c2)CC3=O)cc(OC)c1OC. The fourth-order valence-electron chi connectivity index (χ4n) is 3.89. The quantitative estimate of drug-likeness (QED) is 0.576. The number of anilines is 1. The van der Waals surface area contributed by atoms with Crippen molar-refractivity contribution < 1.29 is 23.8 Å². The van der Waals surface area contributed by atoms with Gasteiger partial charge in [-0.1, -0.05) is 23.7 Å². The third-order valence-electron chi connectivity index (χ3n) is 5.51. The van der Waals surface area contributed by atoms with Gasteiger partial charge in [0.2, 0.25) is 11.7 Å². The number of hydrogen-bond donors (Lipinski definition) is 1. The van der Waals surface area contributed by atoms with Crippen LogP contribution in [0.3, 0.4) is 0 Å². The van der Waals surface area contributed by atoms with E-state index in [0.29, 0.717) is 46.4 Å². The molecule has 170 valence electrons. The van der Waals surface area contributed by atoms with Gasteiger partial charge in [0.15, 0.2) is 17.3 Å². The number of carbonyl (C=O) groups excluding carboxylic acids is 2. The maximum Gasteiger partial charge on any atom is 0.258 e. The average Bonchev–Trinajstić information content (AvgIpc) is 2.82. The Bertz CT molecular complexity index is 1210. The van der Waals surface area contributed by atoms with E-state index in [0.717, 1.165) is 5.56 Å². The number of fused-ring (bicyclic) bond motifs is 1.